The van der Waals surface area contributed by atoms with Gasteiger partial charge < -0.3 is 11.1 Å². The van der Waals surface area contributed by atoms with E-state index in [1.807, 2.05) is 0 Å². The van der Waals surface area contributed by atoms with Crippen LogP contribution in [-0.2, 0) is 4.79 Å². The van der Waals surface area contributed by atoms with Gasteiger partial charge in [-0.25, -0.2) is 0 Å². The second kappa shape index (κ2) is 4.82. The van der Waals surface area contributed by atoms with E-state index in [1.54, 1.807) is 0 Å². The first kappa shape index (κ1) is 12.4. The fourth-order valence-electron chi connectivity index (χ4n) is 4.25. The summed E-state index contributed by atoms with van der Waals surface area (Å²) >= 11 is 0. The van der Waals surface area contributed by atoms with Crippen LogP contribution in [0.3, 0.4) is 0 Å². The van der Waals surface area contributed by atoms with Crippen molar-refractivity contribution >= 4 is 5.91 Å². The predicted molar refractivity (Wildman–Crippen MR) is 71.0 cm³/mol. The summed E-state index contributed by atoms with van der Waals surface area (Å²) in [5, 5.41) is 3.20. The number of nitrogens with zero attached hydrogens (tertiary/aromatic N) is 1. The van der Waals surface area contributed by atoms with Gasteiger partial charge >= 0.3 is 0 Å². The molecule has 4 nitrogen and oxygen atoms in total. The molecule has 102 valence electrons. The van der Waals surface area contributed by atoms with Gasteiger partial charge in [-0.3, -0.25) is 9.69 Å². The molecule has 2 aliphatic carbocycles. The molecule has 4 unspecified atom stereocenters. The molecule has 2 saturated carbocycles. The molecule has 3 N–H and O–H groups in total. The summed E-state index contributed by atoms with van der Waals surface area (Å²) in [4.78, 5) is 14.1. The van der Waals surface area contributed by atoms with Gasteiger partial charge in [0.15, 0.2) is 0 Å². The van der Waals surface area contributed by atoms with Gasteiger partial charge in [-0.2, -0.15) is 0 Å². The molecule has 4 heteroatoms. The van der Waals surface area contributed by atoms with Gasteiger partial charge in [0.25, 0.3) is 0 Å². The van der Waals surface area contributed by atoms with Crippen molar-refractivity contribution in [2.75, 3.05) is 19.6 Å². The third-order valence-corrected chi connectivity index (χ3v) is 5.18. The van der Waals surface area contributed by atoms with E-state index < -0.39 is 0 Å². The van der Waals surface area contributed by atoms with Crippen molar-refractivity contribution in [2.45, 2.75) is 44.7 Å². The van der Waals surface area contributed by atoms with Crippen LogP contribution in [0, 0.1) is 17.8 Å². The third-order valence-electron chi connectivity index (χ3n) is 5.18. The van der Waals surface area contributed by atoms with Gasteiger partial charge in [0, 0.05) is 25.2 Å². The van der Waals surface area contributed by atoms with Crippen LogP contribution in [0.15, 0.2) is 0 Å². The van der Waals surface area contributed by atoms with Crippen molar-refractivity contribution < 1.29 is 4.79 Å². The molecule has 0 spiro atoms. The molecule has 1 aliphatic heterocycles. The lowest BCUT2D eigenvalue weighted by Crippen LogP contribution is -2.58. The number of hydrogen-bond donors (Lipinski definition) is 2. The van der Waals surface area contributed by atoms with Gasteiger partial charge in [0.1, 0.15) is 0 Å². The Hall–Kier alpha value is -0.610. The highest BCUT2D eigenvalue weighted by Gasteiger charge is 2.42. The van der Waals surface area contributed by atoms with E-state index in [0.717, 1.165) is 30.8 Å². The largest absolute Gasteiger partial charge is 0.352 e. The van der Waals surface area contributed by atoms with Crippen LogP contribution < -0.4 is 11.1 Å². The number of carbonyl (C=O) groups is 1. The first-order valence-corrected chi connectivity index (χ1v) is 7.39. The summed E-state index contributed by atoms with van der Waals surface area (Å²) < 4.78 is 0. The first-order valence-electron chi connectivity index (χ1n) is 7.39. The standard InChI is InChI=1S/C14H25N3O/c1-9(13-5-10-2-3-11(13)4-10)16-14(18)8-17-6-12(15)7-17/h9-13H,2-8,15H2,1H3,(H,16,18). The lowest BCUT2D eigenvalue weighted by Gasteiger charge is -2.37. The topological polar surface area (TPSA) is 58.4 Å². The molecule has 18 heavy (non-hydrogen) atoms. The van der Waals surface area contributed by atoms with Crippen LogP contribution in [0.25, 0.3) is 0 Å². The third kappa shape index (κ3) is 2.41. The first-order chi connectivity index (χ1) is 8.61. The van der Waals surface area contributed by atoms with Crippen molar-refractivity contribution in [1.29, 1.82) is 0 Å². The molecular formula is C14H25N3O. The van der Waals surface area contributed by atoms with Gasteiger partial charge in [-0.1, -0.05) is 6.42 Å². The molecule has 0 aromatic heterocycles. The number of nitrogens with one attached hydrogen (secondary N) is 1. The fraction of sp³-hybridized carbons (Fsp3) is 0.929. The molecule has 1 heterocycles. The number of rotatable bonds is 4. The zero-order chi connectivity index (χ0) is 12.7. The Morgan fingerprint density at radius 2 is 2.17 bits per heavy atom. The molecule has 1 amide bonds. The Morgan fingerprint density at radius 1 is 1.39 bits per heavy atom. The molecule has 0 aromatic rings. The Bertz CT molecular complexity index is 327. The second-order valence-electron chi connectivity index (χ2n) is 6.65. The minimum absolute atomic E-state index is 0.178. The lowest BCUT2D eigenvalue weighted by molar-refractivity contribution is -0.124. The van der Waals surface area contributed by atoms with E-state index in [2.05, 4.69) is 17.1 Å². The van der Waals surface area contributed by atoms with Crippen molar-refractivity contribution in [2.24, 2.45) is 23.5 Å². The molecule has 3 fully saturated rings. The summed E-state index contributed by atoms with van der Waals surface area (Å²) in [5.41, 5.74) is 5.71. The van der Waals surface area contributed by atoms with Crippen LogP contribution in [0.2, 0.25) is 0 Å². The zero-order valence-corrected chi connectivity index (χ0v) is 11.3. The number of hydrogen-bond acceptors (Lipinski definition) is 3. The van der Waals surface area contributed by atoms with Gasteiger partial charge in [-0.05, 0) is 43.9 Å². The highest BCUT2D eigenvalue weighted by molar-refractivity contribution is 5.78. The van der Waals surface area contributed by atoms with E-state index in [0.29, 0.717) is 12.6 Å². The molecule has 1 saturated heterocycles. The summed E-state index contributed by atoms with van der Waals surface area (Å²) in [6.45, 7) is 4.45. The van der Waals surface area contributed by atoms with E-state index in [4.69, 9.17) is 5.73 Å². The molecular weight excluding hydrogens is 226 g/mol. The normalized spacial score (nSPS) is 37.6. The van der Waals surface area contributed by atoms with E-state index in [1.165, 1.54) is 25.7 Å². The smallest absolute Gasteiger partial charge is 0.234 e. The van der Waals surface area contributed by atoms with Gasteiger partial charge in [0.05, 0.1) is 6.54 Å². The average molecular weight is 251 g/mol. The molecule has 0 radical (unpaired) electrons. The number of amides is 1. The lowest BCUT2D eigenvalue weighted by atomic mass is 9.84. The van der Waals surface area contributed by atoms with Gasteiger partial charge in [-0.15, -0.1) is 0 Å². The average Bonchev–Trinajstić information content (AvgIpc) is 2.88. The molecule has 4 atom stereocenters. The van der Waals surface area contributed by atoms with Crippen LogP contribution in [0.5, 0.6) is 0 Å². The van der Waals surface area contributed by atoms with Crippen LogP contribution in [0.1, 0.15) is 32.6 Å². The maximum Gasteiger partial charge on any atom is 0.234 e. The number of fused-ring (bicyclic) bond motifs is 2. The van der Waals surface area contributed by atoms with E-state index in [9.17, 15) is 4.79 Å². The van der Waals surface area contributed by atoms with Crippen LogP contribution in [0.4, 0.5) is 0 Å². The van der Waals surface area contributed by atoms with E-state index in [-0.39, 0.29) is 11.9 Å². The number of carbonyl (C=O) groups excluding carboxylic acids is 1. The van der Waals surface area contributed by atoms with Gasteiger partial charge in [0.2, 0.25) is 5.91 Å². The van der Waals surface area contributed by atoms with Crippen LogP contribution >= 0.6 is 0 Å². The highest BCUT2D eigenvalue weighted by Crippen LogP contribution is 2.49. The molecule has 2 bridgehead atoms. The van der Waals surface area contributed by atoms with E-state index >= 15 is 0 Å². The maximum absolute atomic E-state index is 11.9. The Balaban J connectivity index is 1.43. The zero-order valence-electron chi connectivity index (χ0n) is 11.3. The summed E-state index contributed by atoms with van der Waals surface area (Å²) in [5.74, 6) is 2.74. The predicted octanol–water partition coefficient (Wildman–Crippen LogP) is 0.570. The maximum atomic E-state index is 11.9. The van der Waals surface area contributed by atoms with Crippen molar-refractivity contribution in [3.63, 3.8) is 0 Å². The minimum Gasteiger partial charge on any atom is -0.352 e. The number of likely N-dealkylation sites (tertiary alicyclic amines) is 1. The Morgan fingerprint density at radius 3 is 2.72 bits per heavy atom. The Labute approximate surface area is 109 Å². The monoisotopic (exact) mass is 251 g/mol. The SMILES string of the molecule is CC(NC(=O)CN1CC(N)C1)C1CC2CCC1C2. The summed E-state index contributed by atoms with van der Waals surface area (Å²) in [6, 6.07) is 0.628. The summed E-state index contributed by atoms with van der Waals surface area (Å²) in [6.07, 6.45) is 5.55. The fourth-order valence-corrected chi connectivity index (χ4v) is 4.25. The van der Waals surface area contributed by atoms with Crippen LogP contribution in [-0.4, -0.2) is 42.5 Å². The van der Waals surface area contributed by atoms with Crippen molar-refractivity contribution in [3.8, 4) is 0 Å². The molecule has 0 aromatic carbocycles. The Kier molecular flexibility index (Phi) is 3.32. The summed E-state index contributed by atoms with van der Waals surface area (Å²) in [7, 11) is 0. The minimum atomic E-state index is 0.178. The quantitative estimate of drug-likeness (QED) is 0.768. The number of nitrogens with two attached hydrogens (primary N) is 1. The second-order valence-corrected chi connectivity index (χ2v) is 6.65. The molecule has 3 aliphatic rings. The highest BCUT2D eigenvalue weighted by atomic mass is 16.2. The van der Waals surface area contributed by atoms with Crippen molar-refractivity contribution in [3.05, 3.63) is 0 Å². The van der Waals surface area contributed by atoms with Crippen molar-refractivity contribution in [1.82, 2.24) is 10.2 Å². The molecule has 3 rings (SSSR count).